The molecule has 0 radical (unpaired) electrons. The number of hydrogen-bond acceptors (Lipinski definition) is 3. The maximum Gasteiger partial charge on any atom is 0.269 e. The summed E-state index contributed by atoms with van der Waals surface area (Å²) >= 11 is 9.22. The monoisotopic (exact) mass is 472 g/mol. The zero-order valence-corrected chi connectivity index (χ0v) is 17.7. The van der Waals surface area contributed by atoms with Crippen LogP contribution in [0, 0.1) is 0 Å². The van der Waals surface area contributed by atoms with Crippen LogP contribution < -0.4 is 15.6 Å². The largest absolute Gasteiger partial charge is 0.492 e. The number of hydrogen-bond donors (Lipinski definition) is 2. The first kappa shape index (κ1) is 20.9. The van der Waals surface area contributed by atoms with Crippen molar-refractivity contribution in [3.8, 4) is 5.75 Å². The fourth-order valence-corrected chi connectivity index (χ4v) is 3.16. The first-order valence-electron chi connectivity index (χ1n) is 8.85. The van der Waals surface area contributed by atoms with Crippen LogP contribution in [0.5, 0.6) is 5.75 Å². The topological polar surface area (TPSA) is 67.4 Å². The molecule has 3 rings (SSSR count). The maximum atomic E-state index is 12.3. The normalized spacial score (nSPS) is 10.3. The van der Waals surface area contributed by atoms with Gasteiger partial charge in [-0.3, -0.25) is 20.4 Å². The van der Waals surface area contributed by atoms with E-state index in [1.165, 1.54) is 5.56 Å². The van der Waals surface area contributed by atoms with Gasteiger partial charge in [-0.1, -0.05) is 41.9 Å². The molecule has 0 aromatic heterocycles. The van der Waals surface area contributed by atoms with Gasteiger partial charge >= 0.3 is 0 Å². The minimum atomic E-state index is -0.441. The number of ether oxygens (including phenoxy) is 1. The molecule has 7 heteroatoms. The Kier molecular flexibility index (Phi) is 7.27. The lowest BCUT2D eigenvalue weighted by molar-refractivity contribution is 0.0846. The predicted octanol–water partition coefficient (Wildman–Crippen LogP) is 4.80. The zero-order valence-electron chi connectivity index (χ0n) is 15.3. The average molecular weight is 474 g/mol. The van der Waals surface area contributed by atoms with Crippen LogP contribution in [-0.4, -0.2) is 18.4 Å². The van der Waals surface area contributed by atoms with Crippen LogP contribution in [0.2, 0.25) is 5.02 Å². The molecule has 0 unspecified atom stereocenters. The standard InChI is InChI=1S/C22H18BrClN2O3/c23-19-14-17(8-11-20(19)29-13-12-15-4-2-1-3-5-15)22(28)26-25-21(27)16-6-9-18(24)10-7-16/h1-11,14H,12-13H2,(H,25,27)(H,26,28). The van der Waals surface area contributed by atoms with Gasteiger partial charge < -0.3 is 4.74 Å². The second-order valence-corrected chi connectivity index (χ2v) is 7.44. The number of halogens is 2. The summed E-state index contributed by atoms with van der Waals surface area (Å²) in [5.41, 5.74) is 6.72. The minimum Gasteiger partial charge on any atom is -0.492 e. The fraction of sp³-hybridized carbons (Fsp3) is 0.0909. The van der Waals surface area contributed by atoms with Crippen molar-refractivity contribution in [1.82, 2.24) is 10.9 Å². The molecule has 0 aliphatic rings. The smallest absolute Gasteiger partial charge is 0.269 e. The van der Waals surface area contributed by atoms with Crippen LogP contribution in [0.3, 0.4) is 0 Å². The highest BCUT2D eigenvalue weighted by molar-refractivity contribution is 9.10. The number of carbonyl (C=O) groups is 2. The van der Waals surface area contributed by atoms with Crippen molar-refractivity contribution < 1.29 is 14.3 Å². The lowest BCUT2D eigenvalue weighted by Crippen LogP contribution is -2.41. The van der Waals surface area contributed by atoms with Gasteiger partial charge in [0.25, 0.3) is 11.8 Å². The number of hydrazine groups is 1. The van der Waals surface area contributed by atoms with Crippen molar-refractivity contribution in [2.24, 2.45) is 0 Å². The number of nitrogens with one attached hydrogen (secondary N) is 2. The Bertz CT molecular complexity index is 995. The Morgan fingerprint density at radius 2 is 1.48 bits per heavy atom. The highest BCUT2D eigenvalue weighted by Crippen LogP contribution is 2.26. The molecule has 0 fully saturated rings. The summed E-state index contributed by atoms with van der Waals surface area (Å²) in [7, 11) is 0. The second-order valence-electron chi connectivity index (χ2n) is 6.14. The van der Waals surface area contributed by atoms with Crippen molar-refractivity contribution in [3.63, 3.8) is 0 Å². The third-order valence-electron chi connectivity index (χ3n) is 4.08. The fourth-order valence-electron chi connectivity index (χ4n) is 2.54. The molecule has 0 saturated heterocycles. The van der Waals surface area contributed by atoms with Gasteiger partial charge in [-0.15, -0.1) is 0 Å². The van der Waals surface area contributed by atoms with E-state index in [4.69, 9.17) is 16.3 Å². The minimum absolute atomic E-state index is 0.378. The van der Waals surface area contributed by atoms with Crippen LogP contribution in [0.15, 0.2) is 77.3 Å². The van der Waals surface area contributed by atoms with E-state index in [9.17, 15) is 9.59 Å². The van der Waals surface area contributed by atoms with Gasteiger partial charge in [0, 0.05) is 22.6 Å². The van der Waals surface area contributed by atoms with E-state index < -0.39 is 11.8 Å². The van der Waals surface area contributed by atoms with E-state index in [0.717, 1.165) is 6.42 Å². The summed E-state index contributed by atoms with van der Waals surface area (Å²) in [5.74, 6) is -0.235. The van der Waals surface area contributed by atoms with Gasteiger partial charge in [0.15, 0.2) is 0 Å². The molecule has 5 nitrogen and oxygen atoms in total. The molecule has 148 valence electrons. The van der Waals surface area contributed by atoms with Gasteiger partial charge in [-0.25, -0.2) is 0 Å². The SMILES string of the molecule is O=C(NNC(=O)c1ccc(OCCc2ccccc2)c(Br)c1)c1ccc(Cl)cc1. The quantitative estimate of drug-likeness (QED) is 0.505. The van der Waals surface area contributed by atoms with E-state index in [1.54, 1.807) is 42.5 Å². The third kappa shape index (κ3) is 6.07. The molecular weight excluding hydrogens is 456 g/mol. The molecular formula is C22H18BrClN2O3. The van der Waals surface area contributed by atoms with Crippen molar-refractivity contribution in [3.05, 3.63) is 99.0 Å². The Hall–Kier alpha value is -2.83. The van der Waals surface area contributed by atoms with Crippen molar-refractivity contribution >= 4 is 39.3 Å². The second kappa shape index (κ2) is 10.1. The Morgan fingerprint density at radius 1 is 0.862 bits per heavy atom. The number of carbonyl (C=O) groups excluding carboxylic acids is 2. The van der Waals surface area contributed by atoms with Crippen molar-refractivity contribution in [1.29, 1.82) is 0 Å². The number of rotatable bonds is 6. The van der Waals surface area contributed by atoms with Gasteiger partial charge in [0.2, 0.25) is 0 Å². The Morgan fingerprint density at radius 3 is 2.14 bits per heavy atom. The van der Waals surface area contributed by atoms with E-state index in [1.807, 2.05) is 30.3 Å². The van der Waals surface area contributed by atoms with Crippen molar-refractivity contribution in [2.75, 3.05) is 6.61 Å². The van der Waals surface area contributed by atoms with Gasteiger partial charge in [-0.05, 0) is 64.0 Å². The third-order valence-corrected chi connectivity index (χ3v) is 4.95. The molecule has 0 aliphatic heterocycles. The molecule has 2 amide bonds. The molecule has 0 bridgehead atoms. The first-order valence-corrected chi connectivity index (χ1v) is 10.0. The molecule has 2 N–H and O–H groups in total. The zero-order chi connectivity index (χ0) is 20.6. The Balaban J connectivity index is 1.52. The molecule has 0 spiro atoms. The molecule has 0 aliphatic carbocycles. The van der Waals surface area contributed by atoms with Crippen LogP contribution in [0.1, 0.15) is 26.3 Å². The highest BCUT2D eigenvalue weighted by atomic mass is 79.9. The molecule has 0 saturated carbocycles. The van der Waals surface area contributed by atoms with Crippen LogP contribution in [0.25, 0.3) is 0 Å². The van der Waals surface area contributed by atoms with Crippen LogP contribution >= 0.6 is 27.5 Å². The van der Waals surface area contributed by atoms with Crippen molar-refractivity contribution in [2.45, 2.75) is 6.42 Å². The lowest BCUT2D eigenvalue weighted by Gasteiger charge is -2.11. The molecule has 0 heterocycles. The highest BCUT2D eigenvalue weighted by Gasteiger charge is 2.11. The van der Waals surface area contributed by atoms with E-state index >= 15 is 0 Å². The van der Waals surface area contributed by atoms with Crippen LogP contribution in [0.4, 0.5) is 0 Å². The van der Waals surface area contributed by atoms with E-state index in [-0.39, 0.29) is 0 Å². The summed E-state index contributed by atoms with van der Waals surface area (Å²) in [5, 5.41) is 0.529. The maximum absolute atomic E-state index is 12.3. The van der Waals surface area contributed by atoms with Gasteiger partial charge in [0.1, 0.15) is 5.75 Å². The summed E-state index contributed by atoms with van der Waals surface area (Å²) in [6.07, 6.45) is 0.784. The number of amides is 2. The first-order chi connectivity index (χ1) is 14.0. The lowest BCUT2D eigenvalue weighted by atomic mass is 10.2. The van der Waals surface area contributed by atoms with Crippen LogP contribution in [-0.2, 0) is 6.42 Å². The van der Waals surface area contributed by atoms with E-state index in [2.05, 4.69) is 26.8 Å². The summed E-state index contributed by atoms with van der Waals surface area (Å²) in [6, 6.07) is 21.4. The average Bonchev–Trinajstić information content (AvgIpc) is 2.74. The summed E-state index contributed by atoms with van der Waals surface area (Å²) < 4.78 is 6.44. The predicted molar refractivity (Wildman–Crippen MR) is 116 cm³/mol. The summed E-state index contributed by atoms with van der Waals surface area (Å²) in [6.45, 7) is 0.519. The Labute approximate surface area is 182 Å². The summed E-state index contributed by atoms with van der Waals surface area (Å²) in [4.78, 5) is 24.3. The van der Waals surface area contributed by atoms with E-state index in [0.29, 0.717) is 33.0 Å². The molecule has 3 aromatic rings. The molecule has 3 aromatic carbocycles. The molecule has 0 atom stereocenters. The number of benzene rings is 3. The molecule has 29 heavy (non-hydrogen) atoms. The van der Waals surface area contributed by atoms with Gasteiger partial charge in [-0.2, -0.15) is 0 Å². The van der Waals surface area contributed by atoms with Gasteiger partial charge in [0.05, 0.1) is 11.1 Å².